The van der Waals surface area contributed by atoms with Crippen molar-refractivity contribution in [2.75, 3.05) is 27.7 Å². The molecule has 4 nitrogen and oxygen atoms in total. The molecule has 18 heavy (non-hydrogen) atoms. The second-order valence-corrected chi connectivity index (χ2v) is 5.20. The lowest BCUT2D eigenvalue weighted by molar-refractivity contribution is 0.138. The molecule has 0 aliphatic heterocycles. The summed E-state index contributed by atoms with van der Waals surface area (Å²) in [4.78, 5) is 6.47. The summed E-state index contributed by atoms with van der Waals surface area (Å²) in [6.45, 7) is 7.48. The van der Waals surface area contributed by atoms with Crippen molar-refractivity contribution in [3.63, 3.8) is 0 Å². The Kier molecular flexibility index (Phi) is 5.11. The summed E-state index contributed by atoms with van der Waals surface area (Å²) in [5, 5.41) is 3.53. The van der Waals surface area contributed by atoms with Crippen LogP contribution in [-0.2, 0) is 0 Å². The summed E-state index contributed by atoms with van der Waals surface area (Å²) in [7, 11) is 5.86. The smallest absolute Gasteiger partial charge is 0.137 e. The molecule has 0 aliphatic rings. The molecule has 0 aliphatic carbocycles. The zero-order valence-electron chi connectivity index (χ0n) is 12.3. The van der Waals surface area contributed by atoms with Gasteiger partial charge in [0.15, 0.2) is 0 Å². The van der Waals surface area contributed by atoms with Crippen molar-refractivity contribution in [1.82, 2.24) is 15.2 Å². The molecule has 1 aromatic heterocycles. The lowest BCUT2D eigenvalue weighted by atomic mass is 9.88. The van der Waals surface area contributed by atoms with Gasteiger partial charge in [-0.3, -0.25) is 4.98 Å². The van der Waals surface area contributed by atoms with Crippen molar-refractivity contribution in [3.8, 4) is 5.75 Å². The average Bonchev–Trinajstić information content (AvgIpc) is 2.35. The Labute approximate surface area is 110 Å². The summed E-state index contributed by atoms with van der Waals surface area (Å²) in [6, 6.07) is 2.26. The predicted octanol–water partition coefficient (Wildman–Crippen LogP) is 2.08. The van der Waals surface area contributed by atoms with E-state index in [1.54, 1.807) is 13.3 Å². The van der Waals surface area contributed by atoms with Crippen LogP contribution >= 0.6 is 0 Å². The third kappa shape index (κ3) is 3.21. The van der Waals surface area contributed by atoms with Crippen molar-refractivity contribution >= 4 is 0 Å². The van der Waals surface area contributed by atoms with Gasteiger partial charge in [-0.25, -0.2) is 0 Å². The minimum Gasteiger partial charge on any atom is -0.495 e. The zero-order chi connectivity index (χ0) is 13.8. The average molecular weight is 251 g/mol. The number of methoxy groups -OCH3 is 1. The van der Waals surface area contributed by atoms with Crippen molar-refractivity contribution in [1.29, 1.82) is 0 Å². The van der Waals surface area contributed by atoms with Crippen LogP contribution in [0.5, 0.6) is 5.75 Å². The quantitative estimate of drug-likeness (QED) is 0.840. The zero-order valence-corrected chi connectivity index (χ0v) is 12.3. The highest BCUT2D eigenvalue weighted by Gasteiger charge is 2.32. The van der Waals surface area contributed by atoms with Crippen LogP contribution in [0.1, 0.15) is 32.4 Å². The highest BCUT2D eigenvalue weighted by Crippen LogP contribution is 2.30. The molecule has 0 bridgehead atoms. The van der Waals surface area contributed by atoms with Gasteiger partial charge >= 0.3 is 0 Å². The molecule has 0 saturated carbocycles. The Morgan fingerprint density at radius 2 is 2.06 bits per heavy atom. The summed E-state index contributed by atoms with van der Waals surface area (Å²) >= 11 is 0. The number of hydrogen-bond acceptors (Lipinski definition) is 4. The summed E-state index contributed by atoms with van der Waals surface area (Å²) < 4.78 is 5.25. The largest absolute Gasteiger partial charge is 0.495 e. The van der Waals surface area contributed by atoms with Crippen LogP contribution in [0, 0.1) is 0 Å². The van der Waals surface area contributed by atoms with E-state index in [0.717, 1.165) is 17.9 Å². The van der Waals surface area contributed by atoms with E-state index < -0.39 is 0 Å². The molecule has 1 heterocycles. The highest BCUT2D eigenvalue weighted by atomic mass is 16.5. The van der Waals surface area contributed by atoms with E-state index in [1.165, 1.54) is 0 Å². The summed E-state index contributed by atoms with van der Waals surface area (Å²) in [6.07, 6.45) is 3.64. The van der Waals surface area contributed by atoms with Crippen molar-refractivity contribution in [3.05, 3.63) is 24.0 Å². The molecule has 1 aromatic rings. The minimum absolute atomic E-state index is 0.00987. The van der Waals surface area contributed by atoms with E-state index >= 15 is 0 Å². The molecule has 102 valence electrons. The molecule has 1 N–H and O–H groups in total. The first-order valence-corrected chi connectivity index (χ1v) is 6.33. The maximum Gasteiger partial charge on any atom is 0.137 e. The van der Waals surface area contributed by atoms with Crippen LogP contribution < -0.4 is 10.1 Å². The SMILES string of the molecule is CCNC(c1cncc(OC)c1)C(C)(C)N(C)C. The van der Waals surface area contributed by atoms with Crippen LogP contribution in [0.4, 0.5) is 0 Å². The van der Waals surface area contributed by atoms with E-state index in [4.69, 9.17) is 4.74 Å². The van der Waals surface area contributed by atoms with Gasteiger partial charge in [0.05, 0.1) is 19.3 Å². The fraction of sp³-hybridized carbons (Fsp3) is 0.643. The normalized spacial score (nSPS) is 13.7. The number of nitrogens with zero attached hydrogens (tertiary/aromatic N) is 2. The van der Waals surface area contributed by atoms with Crippen molar-refractivity contribution < 1.29 is 4.74 Å². The van der Waals surface area contributed by atoms with Crippen LogP contribution in [0.3, 0.4) is 0 Å². The van der Waals surface area contributed by atoms with Gasteiger partial charge in [0.25, 0.3) is 0 Å². The second kappa shape index (κ2) is 6.16. The lowest BCUT2D eigenvalue weighted by Gasteiger charge is -2.40. The van der Waals surface area contributed by atoms with Gasteiger partial charge in [-0.15, -0.1) is 0 Å². The maximum atomic E-state index is 5.25. The van der Waals surface area contributed by atoms with E-state index in [-0.39, 0.29) is 11.6 Å². The van der Waals surface area contributed by atoms with Gasteiger partial charge in [-0.1, -0.05) is 6.92 Å². The molecular weight excluding hydrogens is 226 g/mol. The first-order chi connectivity index (χ1) is 8.43. The van der Waals surface area contributed by atoms with E-state index in [1.807, 2.05) is 12.3 Å². The van der Waals surface area contributed by atoms with Gasteiger partial charge < -0.3 is 15.0 Å². The molecule has 1 rings (SSSR count). The monoisotopic (exact) mass is 251 g/mol. The fourth-order valence-electron chi connectivity index (χ4n) is 1.94. The third-order valence-corrected chi connectivity index (χ3v) is 3.57. The summed E-state index contributed by atoms with van der Waals surface area (Å²) in [5.41, 5.74) is 1.14. The van der Waals surface area contributed by atoms with E-state index in [2.05, 4.69) is 50.1 Å². The Bertz CT molecular complexity index is 377. The standard InChI is InChI=1S/C14H25N3O/c1-7-16-13(14(2,3)17(4)5)11-8-12(18-6)10-15-9-11/h8-10,13,16H,7H2,1-6H3. The molecule has 1 atom stereocenters. The molecule has 0 fully saturated rings. The van der Waals surface area contributed by atoms with Crippen LogP contribution in [0.15, 0.2) is 18.5 Å². The van der Waals surface area contributed by atoms with Crippen molar-refractivity contribution in [2.45, 2.75) is 32.4 Å². The van der Waals surface area contributed by atoms with E-state index in [0.29, 0.717) is 0 Å². The highest BCUT2D eigenvalue weighted by molar-refractivity contribution is 5.28. The molecule has 4 heteroatoms. The fourth-order valence-corrected chi connectivity index (χ4v) is 1.94. The van der Waals surface area contributed by atoms with Gasteiger partial charge in [0.2, 0.25) is 0 Å². The molecule has 0 spiro atoms. The Morgan fingerprint density at radius 1 is 1.39 bits per heavy atom. The molecular formula is C14H25N3O. The number of hydrogen-bond donors (Lipinski definition) is 1. The number of nitrogens with one attached hydrogen (secondary N) is 1. The molecule has 0 saturated heterocycles. The number of aromatic nitrogens is 1. The first-order valence-electron chi connectivity index (χ1n) is 6.33. The van der Waals surface area contributed by atoms with Gasteiger partial charge in [0, 0.05) is 11.7 Å². The van der Waals surface area contributed by atoms with Crippen LogP contribution in [0.25, 0.3) is 0 Å². The van der Waals surface area contributed by atoms with E-state index in [9.17, 15) is 0 Å². The molecule has 0 radical (unpaired) electrons. The van der Waals surface area contributed by atoms with Crippen LogP contribution in [0.2, 0.25) is 0 Å². The van der Waals surface area contributed by atoms with Gasteiger partial charge in [-0.2, -0.15) is 0 Å². The number of ether oxygens (including phenoxy) is 1. The Balaban J connectivity index is 3.11. The van der Waals surface area contributed by atoms with Crippen molar-refractivity contribution in [2.24, 2.45) is 0 Å². The second-order valence-electron chi connectivity index (χ2n) is 5.20. The topological polar surface area (TPSA) is 37.4 Å². The summed E-state index contributed by atoms with van der Waals surface area (Å²) in [5.74, 6) is 0.796. The number of likely N-dealkylation sites (N-methyl/N-ethyl adjacent to an activating group) is 2. The third-order valence-electron chi connectivity index (χ3n) is 3.57. The number of rotatable bonds is 6. The molecule has 0 amide bonds. The van der Waals surface area contributed by atoms with Gasteiger partial charge in [0.1, 0.15) is 5.75 Å². The maximum absolute atomic E-state index is 5.25. The first kappa shape index (κ1) is 14.9. The number of pyridine rings is 1. The predicted molar refractivity (Wildman–Crippen MR) is 75.0 cm³/mol. The van der Waals surface area contributed by atoms with Gasteiger partial charge in [-0.05, 0) is 46.1 Å². The minimum atomic E-state index is -0.00987. The Hall–Kier alpha value is -1.13. The molecule has 1 unspecified atom stereocenters. The Morgan fingerprint density at radius 3 is 2.56 bits per heavy atom. The lowest BCUT2D eigenvalue weighted by Crippen LogP contribution is -2.49. The molecule has 0 aromatic carbocycles. The van der Waals surface area contributed by atoms with Crippen LogP contribution in [-0.4, -0.2) is 43.2 Å².